The molecule has 3 heterocycles. The number of rotatable bonds is 9. The van der Waals surface area contributed by atoms with E-state index in [2.05, 4.69) is 23.6 Å². The molecular weight excluding hydrogens is 503 g/mol. The number of aromatic nitrogens is 4. The zero-order chi connectivity index (χ0) is 23.9. The van der Waals surface area contributed by atoms with Gasteiger partial charge in [0.1, 0.15) is 36.5 Å². The number of aliphatic hydroxyl groups is 2. The van der Waals surface area contributed by atoms with Crippen LogP contribution in [-0.2, 0) is 31.8 Å². The predicted octanol–water partition coefficient (Wildman–Crippen LogP) is -1.59. The number of aliphatic hydroxyl groups excluding tert-OH is 2. The second-order valence-corrected chi connectivity index (χ2v) is 11.1. The van der Waals surface area contributed by atoms with Gasteiger partial charge in [-0.05, 0) is 0 Å². The summed E-state index contributed by atoms with van der Waals surface area (Å²) in [5.74, 6) is 0.0734. The lowest BCUT2D eigenvalue weighted by Crippen LogP contribution is -2.34. The molecular formula is C11H18N5O13P3. The lowest BCUT2D eigenvalue weighted by molar-refractivity contribution is -0.0612. The highest BCUT2D eigenvalue weighted by atomic mass is 31.3. The van der Waals surface area contributed by atoms with Crippen LogP contribution in [-0.4, -0.2) is 80.6 Å². The second-order valence-electron chi connectivity index (χ2n) is 6.39. The van der Waals surface area contributed by atoms with Crippen molar-refractivity contribution in [1.29, 1.82) is 0 Å². The Morgan fingerprint density at radius 3 is 2.41 bits per heavy atom. The van der Waals surface area contributed by atoms with Crippen LogP contribution in [0.15, 0.2) is 12.7 Å². The van der Waals surface area contributed by atoms with Crippen molar-refractivity contribution in [3.05, 3.63) is 12.7 Å². The molecule has 3 rings (SSSR count). The highest BCUT2D eigenvalue weighted by Crippen LogP contribution is 2.65. The number of ether oxygens (including phenoxy) is 2. The molecule has 21 heteroatoms. The van der Waals surface area contributed by atoms with Gasteiger partial charge >= 0.3 is 23.2 Å². The van der Waals surface area contributed by atoms with Gasteiger partial charge in [-0.25, -0.2) is 28.4 Å². The van der Waals surface area contributed by atoms with Gasteiger partial charge in [-0.2, -0.15) is 4.31 Å². The Bertz CT molecular complexity index is 1120. The third-order valence-electron chi connectivity index (χ3n) is 3.98. The lowest BCUT2D eigenvalue weighted by Gasteiger charge is -2.18. The summed E-state index contributed by atoms with van der Waals surface area (Å²) in [6.45, 7) is -0.596. The van der Waals surface area contributed by atoms with Gasteiger partial charge < -0.3 is 45.0 Å². The van der Waals surface area contributed by atoms with Crippen molar-refractivity contribution in [2.45, 2.75) is 24.5 Å². The van der Waals surface area contributed by atoms with Gasteiger partial charge in [0.2, 0.25) is 0 Å². The Morgan fingerprint density at radius 1 is 1.06 bits per heavy atom. The molecule has 2 unspecified atom stereocenters. The van der Waals surface area contributed by atoms with E-state index in [0.717, 1.165) is 6.33 Å². The molecule has 0 saturated carbocycles. The number of nitrogens with two attached hydrogens (primary N) is 1. The number of hydrogen-bond acceptors (Lipinski definition) is 13. The van der Waals surface area contributed by atoms with Gasteiger partial charge in [-0.1, -0.05) is 0 Å². The van der Waals surface area contributed by atoms with Crippen molar-refractivity contribution in [3.63, 3.8) is 0 Å². The quantitative estimate of drug-likeness (QED) is 0.183. The Morgan fingerprint density at radius 2 is 1.75 bits per heavy atom. The van der Waals surface area contributed by atoms with E-state index in [1.54, 1.807) is 0 Å². The molecule has 0 spiro atoms. The van der Waals surface area contributed by atoms with E-state index < -0.39 is 60.7 Å². The third kappa shape index (κ3) is 5.95. The van der Waals surface area contributed by atoms with Crippen molar-refractivity contribution in [2.24, 2.45) is 0 Å². The average Bonchev–Trinajstić information content (AvgIpc) is 3.16. The van der Waals surface area contributed by atoms with Crippen LogP contribution in [0.3, 0.4) is 0 Å². The third-order valence-corrected chi connectivity index (χ3v) is 8.01. The fourth-order valence-electron chi connectivity index (χ4n) is 2.77. The lowest BCUT2D eigenvalue weighted by atomic mass is 10.1. The first kappa shape index (κ1) is 25.3. The van der Waals surface area contributed by atoms with Crippen LogP contribution in [0.5, 0.6) is 0 Å². The molecule has 2 aromatic rings. The van der Waals surface area contributed by atoms with Crippen LogP contribution in [0.1, 0.15) is 6.23 Å². The first-order valence-electron chi connectivity index (χ1n) is 8.34. The van der Waals surface area contributed by atoms with Gasteiger partial charge in [-0.3, -0.25) is 9.13 Å². The molecule has 1 fully saturated rings. The van der Waals surface area contributed by atoms with Gasteiger partial charge in [0, 0.05) is 0 Å². The van der Waals surface area contributed by atoms with Crippen LogP contribution in [0.2, 0.25) is 0 Å². The number of nitrogens with zero attached hydrogens (tertiary/aromatic N) is 4. The fourth-order valence-corrected chi connectivity index (χ4v) is 6.05. The van der Waals surface area contributed by atoms with Crippen molar-refractivity contribution < 1.29 is 61.6 Å². The Kier molecular flexibility index (Phi) is 7.20. The van der Waals surface area contributed by atoms with Crippen molar-refractivity contribution in [2.75, 3.05) is 18.7 Å². The number of phosphoric acid groups is 2. The topological polar surface area (TPSA) is 279 Å². The van der Waals surface area contributed by atoms with E-state index in [1.807, 2.05) is 0 Å². The first-order chi connectivity index (χ1) is 14.7. The number of nitrogen functional groups attached to an aromatic ring is 1. The summed E-state index contributed by atoms with van der Waals surface area (Å²) in [7, 11) is -16.1. The minimum atomic E-state index is -5.60. The van der Waals surface area contributed by atoms with Crippen LogP contribution < -0.4 is 5.73 Å². The summed E-state index contributed by atoms with van der Waals surface area (Å²) < 4.78 is 52.7. The van der Waals surface area contributed by atoms with Gasteiger partial charge in [0.05, 0.1) is 12.9 Å². The normalized spacial score (nSPS) is 27.9. The monoisotopic (exact) mass is 521 g/mol. The minimum absolute atomic E-state index is 0.0734. The molecule has 180 valence electrons. The van der Waals surface area contributed by atoms with E-state index in [-0.39, 0.29) is 17.0 Å². The number of imidazole rings is 1. The zero-order valence-corrected chi connectivity index (χ0v) is 18.3. The standard InChI is InChI=1S/C11H18N5O13P3/c12-9-6-10(14-2-13-9)16(3-15-6)11-8(18)7(17)5(27-11)1-26-4-30(19,20)28-32(24,25)29-31(21,22)23/h2-3,5,7-8,11,17-18H,1,4H2,(H,19,20)(H,24,25)(H2,12,13,14)(H2,21,22,23)/t5-,7-,8-,11-/m1/s1. The highest BCUT2D eigenvalue weighted by molar-refractivity contribution is 7.68. The van der Waals surface area contributed by atoms with E-state index in [1.165, 1.54) is 10.9 Å². The number of hydrogen-bond donors (Lipinski definition) is 7. The molecule has 2 aromatic heterocycles. The molecule has 0 aliphatic carbocycles. The SMILES string of the molecule is Nc1ncnc2c1ncn2[C@@H]1O[C@H](COCP(=O)(O)OP(=O)(O)OP(=O)(O)O)[C@@H](O)[C@H]1O. The van der Waals surface area contributed by atoms with Gasteiger partial charge in [-0.15, -0.1) is 0 Å². The van der Waals surface area contributed by atoms with Crippen LogP contribution in [0.4, 0.5) is 5.82 Å². The summed E-state index contributed by atoms with van der Waals surface area (Å²) in [4.78, 5) is 47.4. The van der Waals surface area contributed by atoms with E-state index in [9.17, 15) is 28.8 Å². The maximum absolute atomic E-state index is 11.8. The van der Waals surface area contributed by atoms with Gasteiger partial charge in [0.15, 0.2) is 17.7 Å². The second kappa shape index (κ2) is 9.12. The van der Waals surface area contributed by atoms with Crippen molar-refractivity contribution in [3.8, 4) is 0 Å². The van der Waals surface area contributed by atoms with Gasteiger partial charge in [0.25, 0.3) is 0 Å². The summed E-state index contributed by atoms with van der Waals surface area (Å²) in [5.41, 5.74) is 6.11. The average molecular weight is 521 g/mol. The van der Waals surface area contributed by atoms with Crippen LogP contribution in [0.25, 0.3) is 11.2 Å². The summed E-state index contributed by atoms with van der Waals surface area (Å²) >= 11 is 0. The van der Waals surface area contributed by atoms with Crippen molar-refractivity contribution in [1.82, 2.24) is 19.5 Å². The molecule has 0 radical (unpaired) electrons. The Labute approximate surface area is 177 Å². The molecule has 0 aromatic carbocycles. The molecule has 1 aliphatic rings. The summed E-state index contributed by atoms with van der Waals surface area (Å²) in [6.07, 6.45) is -4.30. The molecule has 0 bridgehead atoms. The predicted molar refractivity (Wildman–Crippen MR) is 100 cm³/mol. The first-order valence-corrected chi connectivity index (χ1v) is 13.1. The number of fused-ring (bicyclic) bond motifs is 1. The zero-order valence-electron chi connectivity index (χ0n) is 15.6. The largest absolute Gasteiger partial charge is 0.488 e. The van der Waals surface area contributed by atoms with E-state index in [4.69, 9.17) is 29.9 Å². The molecule has 6 atom stereocenters. The molecule has 0 amide bonds. The highest BCUT2D eigenvalue weighted by Gasteiger charge is 2.45. The summed E-state index contributed by atoms with van der Waals surface area (Å²) in [6, 6.07) is 0. The van der Waals surface area contributed by atoms with Crippen LogP contribution >= 0.6 is 23.2 Å². The molecule has 1 saturated heterocycles. The number of anilines is 1. The molecule has 18 nitrogen and oxygen atoms in total. The van der Waals surface area contributed by atoms with E-state index in [0.29, 0.717) is 0 Å². The Hall–Kier alpha value is -1.36. The maximum atomic E-state index is 11.8. The summed E-state index contributed by atoms with van der Waals surface area (Å²) in [5, 5.41) is 20.5. The molecule has 8 N–H and O–H groups in total. The molecule has 1 aliphatic heterocycles. The molecule has 32 heavy (non-hydrogen) atoms. The fraction of sp³-hybridized carbons (Fsp3) is 0.545. The van der Waals surface area contributed by atoms with Crippen molar-refractivity contribution >= 4 is 40.2 Å². The smallest absolute Gasteiger partial charge is 0.387 e. The van der Waals surface area contributed by atoms with E-state index >= 15 is 0 Å². The van der Waals surface area contributed by atoms with Crippen LogP contribution in [0, 0.1) is 0 Å². The minimum Gasteiger partial charge on any atom is -0.387 e. The maximum Gasteiger partial charge on any atom is 0.488 e. The Balaban J connectivity index is 1.61.